The van der Waals surface area contributed by atoms with Crippen LogP contribution in [-0.2, 0) is 0 Å². The van der Waals surface area contributed by atoms with Crippen LogP contribution in [0.15, 0.2) is 18.2 Å². The maximum absolute atomic E-state index is 6.18. The Morgan fingerprint density at radius 2 is 1.86 bits per heavy atom. The van der Waals surface area contributed by atoms with Crippen molar-refractivity contribution in [3.63, 3.8) is 0 Å². The van der Waals surface area contributed by atoms with Crippen LogP contribution in [0.4, 0.5) is 0 Å². The zero-order chi connectivity index (χ0) is 10.9. The fourth-order valence-electron chi connectivity index (χ4n) is 1.43. The third-order valence-corrected chi connectivity index (χ3v) is 2.99. The second kappa shape index (κ2) is 3.92. The van der Waals surface area contributed by atoms with Gasteiger partial charge < -0.3 is 5.73 Å². The van der Waals surface area contributed by atoms with Gasteiger partial charge in [-0.3, -0.25) is 0 Å². The molecule has 1 aromatic rings. The van der Waals surface area contributed by atoms with Gasteiger partial charge >= 0.3 is 0 Å². The van der Waals surface area contributed by atoms with Crippen molar-refractivity contribution in [1.29, 1.82) is 0 Å². The first kappa shape index (κ1) is 11.5. The van der Waals surface area contributed by atoms with E-state index in [0.29, 0.717) is 0 Å². The second-order valence-electron chi connectivity index (χ2n) is 4.80. The number of nitrogens with two attached hydrogens (primary N) is 1. The SMILES string of the molecule is Cc1c(Cl)cccc1[C@@H](N)C(C)(C)C. The molecule has 14 heavy (non-hydrogen) atoms. The lowest BCUT2D eigenvalue weighted by atomic mass is 9.81. The van der Waals surface area contributed by atoms with Gasteiger partial charge in [0.25, 0.3) is 0 Å². The van der Waals surface area contributed by atoms with Gasteiger partial charge in [-0.05, 0) is 29.5 Å². The summed E-state index contributed by atoms with van der Waals surface area (Å²) in [4.78, 5) is 0. The monoisotopic (exact) mass is 211 g/mol. The summed E-state index contributed by atoms with van der Waals surface area (Å²) in [7, 11) is 0. The van der Waals surface area contributed by atoms with E-state index in [0.717, 1.165) is 16.1 Å². The Morgan fingerprint density at radius 3 is 2.36 bits per heavy atom. The summed E-state index contributed by atoms with van der Waals surface area (Å²) in [6, 6.07) is 5.93. The van der Waals surface area contributed by atoms with Crippen LogP contribution < -0.4 is 5.73 Å². The smallest absolute Gasteiger partial charge is 0.0438 e. The lowest BCUT2D eigenvalue weighted by Crippen LogP contribution is -2.26. The fourth-order valence-corrected chi connectivity index (χ4v) is 1.61. The van der Waals surface area contributed by atoms with E-state index in [4.69, 9.17) is 17.3 Å². The molecule has 0 aliphatic rings. The summed E-state index contributed by atoms with van der Waals surface area (Å²) in [5.41, 5.74) is 8.49. The molecule has 2 N–H and O–H groups in total. The first-order valence-corrected chi connectivity index (χ1v) is 5.22. The van der Waals surface area contributed by atoms with Gasteiger partial charge in [0.2, 0.25) is 0 Å². The predicted octanol–water partition coefficient (Wildman–Crippen LogP) is 3.69. The lowest BCUT2D eigenvalue weighted by molar-refractivity contribution is 0.326. The molecule has 1 rings (SSSR count). The van der Waals surface area contributed by atoms with Gasteiger partial charge in [0, 0.05) is 11.1 Å². The molecule has 78 valence electrons. The van der Waals surface area contributed by atoms with Crippen LogP contribution in [-0.4, -0.2) is 0 Å². The van der Waals surface area contributed by atoms with E-state index < -0.39 is 0 Å². The topological polar surface area (TPSA) is 26.0 Å². The van der Waals surface area contributed by atoms with E-state index in [-0.39, 0.29) is 11.5 Å². The fraction of sp³-hybridized carbons (Fsp3) is 0.500. The molecule has 0 amide bonds. The zero-order valence-corrected chi connectivity index (χ0v) is 10.0. The number of halogens is 1. The molecule has 0 radical (unpaired) electrons. The molecular formula is C12H18ClN. The summed E-state index contributed by atoms with van der Waals surface area (Å²) >= 11 is 6.05. The minimum atomic E-state index is 0.0289. The van der Waals surface area contributed by atoms with Crippen molar-refractivity contribution in [3.8, 4) is 0 Å². The van der Waals surface area contributed by atoms with Crippen LogP contribution in [0.3, 0.4) is 0 Å². The average molecular weight is 212 g/mol. The summed E-state index contributed by atoms with van der Waals surface area (Å²) < 4.78 is 0. The van der Waals surface area contributed by atoms with Crippen molar-refractivity contribution < 1.29 is 0 Å². The van der Waals surface area contributed by atoms with Gasteiger partial charge in [-0.1, -0.05) is 44.5 Å². The molecule has 0 aromatic heterocycles. The van der Waals surface area contributed by atoms with Crippen LogP contribution >= 0.6 is 11.6 Å². The van der Waals surface area contributed by atoms with Gasteiger partial charge in [0.15, 0.2) is 0 Å². The van der Waals surface area contributed by atoms with Crippen molar-refractivity contribution in [3.05, 3.63) is 34.3 Å². The van der Waals surface area contributed by atoms with E-state index in [1.807, 2.05) is 19.1 Å². The van der Waals surface area contributed by atoms with E-state index in [1.165, 1.54) is 0 Å². The molecule has 1 aromatic carbocycles. The Morgan fingerprint density at radius 1 is 1.29 bits per heavy atom. The predicted molar refractivity (Wildman–Crippen MR) is 62.6 cm³/mol. The van der Waals surface area contributed by atoms with Gasteiger partial charge in [-0.2, -0.15) is 0 Å². The van der Waals surface area contributed by atoms with Crippen molar-refractivity contribution in [2.75, 3.05) is 0 Å². The third-order valence-electron chi connectivity index (χ3n) is 2.58. The van der Waals surface area contributed by atoms with Gasteiger partial charge in [0.05, 0.1) is 0 Å². The highest BCUT2D eigenvalue weighted by atomic mass is 35.5. The van der Waals surface area contributed by atoms with Crippen LogP contribution in [0, 0.1) is 12.3 Å². The Labute approximate surface area is 91.3 Å². The summed E-state index contributed by atoms with van der Waals surface area (Å²) in [5.74, 6) is 0. The Balaban J connectivity index is 3.14. The standard InChI is InChI=1S/C12H18ClN/c1-8-9(6-5-7-10(8)13)11(14)12(2,3)4/h5-7,11H,14H2,1-4H3/t11-/m1/s1. The molecule has 2 heteroatoms. The van der Waals surface area contributed by atoms with Crippen LogP contribution in [0.25, 0.3) is 0 Å². The van der Waals surface area contributed by atoms with E-state index in [2.05, 4.69) is 26.8 Å². The van der Waals surface area contributed by atoms with Crippen LogP contribution in [0.2, 0.25) is 5.02 Å². The Hall–Kier alpha value is -0.530. The summed E-state index contributed by atoms with van der Waals surface area (Å²) in [5, 5.41) is 0.794. The van der Waals surface area contributed by atoms with Gasteiger partial charge in [-0.15, -0.1) is 0 Å². The molecule has 0 bridgehead atoms. The lowest BCUT2D eigenvalue weighted by Gasteiger charge is -2.28. The van der Waals surface area contributed by atoms with Crippen molar-refractivity contribution in [1.82, 2.24) is 0 Å². The first-order valence-electron chi connectivity index (χ1n) is 4.84. The summed E-state index contributed by atoms with van der Waals surface area (Å²) in [6.07, 6.45) is 0. The van der Waals surface area contributed by atoms with E-state index in [1.54, 1.807) is 0 Å². The molecule has 1 atom stereocenters. The second-order valence-corrected chi connectivity index (χ2v) is 5.20. The van der Waals surface area contributed by atoms with Gasteiger partial charge in [-0.25, -0.2) is 0 Å². The molecular weight excluding hydrogens is 194 g/mol. The number of hydrogen-bond donors (Lipinski definition) is 1. The third kappa shape index (κ3) is 2.28. The first-order chi connectivity index (χ1) is 6.34. The molecule has 0 saturated heterocycles. The molecule has 0 aliphatic carbocycles. The number of rotatable bonds is 1. The molecule has 0 spiro atoms. The molecule has 0 heterocycles. The molecule has 0 fully saturated rings. The zero-order valence-electron chi connectivity index (χ0n) is 9.26. The van der Waals surface area contributed by atoms with Crippen LogP contribution in [0.1, 0.15) is 37.9 Å². The van der Waals surface area contributed by atoms with E-state index >= 15 is 0 Å². The highest BCUT2D eigenvalue weighted by molar-refractivity contribution is 6.31. The summed E-state index contributed by atoms with van der Waals surface area (Å²) in [6.45, 7) is 8.43. The molecule has 0 aliphatic heterocycles. The number of benzene rings is 1. The molecule has 0 saturated carbocycles. The molecule has 0 unspecified atom stereocenters. The highest BCUT2D eigenvalue weighted by Crippen LogP contribution is 2.33. The van der Waals surface area contributed by atoms with Gasteiger partial charge in [0.1, 0.15) is 0 Å². The van der Waals surface area contributed by atoms with Crippen molar-refractivity contribution >= 4 is 11.6 Å². The normalized spacial score (nSPS) is 14.1. The number of hydrogen-bond acceptors (Lipinski definition) is 1. The minimum absolute atomic E-state index is 0.0289. The minimum Gasteiger partial charge on any atom is -0.324 e. The van der Waals surface area contributed by atoms with Crippen molar-refractivity contribution in [2.24, 2.45) is 11.1 Å². The van der Waals surface area contributed by atoms with Crippen LogP contribution in [0.5, 0.6) is 0 Å². The van der Waals surface area contributed by atoms with Crippen molar-refractivity contribution in [2.45, 2.75) is 33.7 Å². The Kier molecular flexibility index (Phi) is 3.23. The largest absolute Gasteiger partial charge is 0.324 e. The maximum atomic E-state index is 6.18. The quantitative estimate of drug-likeness (QED) is 0.754. The van der Waals surface area contributed by atoms with E-state index in [9.17, 15) is 0 Å². The maximum Gasteiger partial charge on any atom is 0.0438 e. The highest BCUT2D eigenvalue weighted by Gasteiger charge is 2.23. The average Bonchev–Trinajstić information content (AvgIpc) is 2.07. The molecule has 1 nitrogen and oxygen atoms in total. The Bertz CT molecular complexity index is 326.